The molecule has 0 fully saturated rings. The van der Waals surface area contributed by atoms with Crippen LogP contribution in [0.5, 0.6) is 0 Å². The standard InChI is InChI=1S/C10H6ClNO/c11-8-5-9(12)6-3-1-2-4-7(6)10(8)13/h1-5,12H. The number of halogens is 1. The number of hydrogen-bond acceptors (Lipinski definition) is 2. The highest BCUT2D eigenvalue weighted by atomic mass is 35.5. The third-order valence-electron chi connectivity index (χ3n) is 1.95. The Balaban J connectivity index is 2.69. The summed E-state index contributed by atoms with van der Waals surface area (Å²) in [5, 5.41) is 7.69. The van der Waals surface area contributed by atoms with Gasteiger partial charge < -0.3 is 5.41 Å². The van der Waals surface area contributed by atoms with Gasteiger partial charge in [0.25, 0.3) is 0 Å². The van der Waals surface area contributed by atoms with Gasteiger partial charge in [-0.15, -0.1) is 0 Å². The topological polar surface area (TPSA) is 40.9 Å². The Morgan fingerprint density at radius 3 is 2.46 bits per heavy atom. The lowest BCUT2D eigenvalue weighted by molar-refractivity contribution is 0.104. The molecule has 0 amide bonds. The monoisotopic (exact) mass is 191 g/mol. The lowest BCUT2D eigenvalue weighted by Crippen LogP contribution is -2.13. The maximum Gasteiger partial charge on any atom is 0.205 e. The second-order valence-corrected chi connectivity index (χ2v) is 3.19. The number of allylic oxidation sites excluding steroid dienone is 2. The van der Waals surface area contributed by atoms with Gasteiger partial charge in [0.05, 0.1) is 10.7 Å². The number of ketones is 1. The molecule has 0 radical (unpaired) electrons. The van der Waals surface area contributed by atoms with E-state index in [2.05, 4.69) is 0 Å². The smallest absolute Gasteiger partial charge is 0.205 e. The lowest BCUT2D eigenvalue weighted by Gasteiger charge is -2.11. The fourth-order valence-corrected chi connectivity index (χ4v) is 1.53. The highest BCUT2D eigenvalue weighted by Crippen LogP contribution is 2.22. The van der Waals surface area contributed by atoms with Gasteiger partial charge in [0.15, 0.2) is 0 Å². The summed E-state index contributed by atoms with van der Waals surface area (Å²) in [7, 11) is 0. The first-order valence-corrected chi connectivity index (χ1v) is 4.18. The number of carbonyl (C=O) groups excluding carboxylic acids is 1. The summed E-state index contributed by atoms with van der Waals surface area (Å²) in [5.41, 5.74) is 1.46. The predicted molar refractivity (Wildman–Crippen MR) is 51.5 cm³/mol. The summed E-state index contributed by atoms with van der Waals surface area (Å²) >= 11 is 5.66. The van der Waals surface area contributed by atoms with E-state index in [1.54, 1.807) is 24.3 Å². The van der Waals surface area contributed by atoms with E-state index in [9.17, 15) is 4.79 Å². The van der Waals surface area contributed by atoms with E-state index in [0.717, 1.165) is 0 Å². The molecule has 64 valence electrons. The van der Waals surface area contributed by atoms with Crippen molar-refractivity contribution in [2.75, 3.05) is 0 Å². The van der Waals surface area contributed by atoms with Gasteiger partial charge in [-0.1, -0.05) is 35.9 Å². The molecule has 2 nitrogen and oxygen atoms in total. The first-order valence-electron chi connectivity index (χ1n) is 3.80. The Morgan fingerprint density at radius 2 is 1.77 bits per heavy atom. The zero-order valence-corrected chi connectivity index (χ0v) is 7.43. The minimum absolute atomic E-state index is 0.115. The molecule has 1 aliphatic carbocycles. The van der Waals surface area contributed by atoms with E-state index >= 15 is 0 Å². The number of benzene rings is 1. The summed E-state index contributed by atoms with van der Waals surface area (Å²) in [6.45, 7) is 0. The van der Waals surface area contributed by atoms with E-state index in [1.807, 2.05) is 0 Å². The van der Waals surface area contributed by atoms with Crippen molar-refractivity contribution in [3.8, 4) is 0 Å². The van der Waals surface area contributed by atoms with Crippen molar-refractivity contribution in [3.05, 3.63) is 46.5 Å². The average Bonchev–Trinajstić information content (AvgIpc) is 2.15. The molecule has 1 aromatic rings. The zero-order chi connectivity index (χ0) is 9.42. The summed E-state index contributed by atoms with van der Waals surface area (Å²) in [4.78, 5) is 11.5. The van der Waals surface area contributed by atoms with Crippen LogP contribution in [0.4, 0.5) is 0 Å². The molecule has 0 bridgehead atoms. The third kappa shape index (κ3) is 1.19. The van der Waals surface area contributed by atoms with Crippen LogP contribution < -0.4 is 0 Å². The van der Waals surface area contributed by atoms with Crippen molar-refractivity contribution >= 4 is 23.1 Å². The molecule has 1 aromatic carbocycles. The molecule has 0 aliphatic heterocycles. The van der Waals surface area contributed by atoms with Crippen LogP contribution in [-0.2, 0) is 0 Å². The van der Waals surface area contributed by atoms with Crippen LogP contribution >= 0.6 is 11.6 Å². The summed E-state index contributed by atoms with van der Waals surface area (Å²) in [5.74, 6) is -0.201. The average molecular weight is 192 g/mol. The molecule has 0 saturated heterocycles. The predicted octanol–water partition coefficient (Wildman–Crippen LogP) is 2.37. The van der Waals surface area contributed by atoms with Gasteiger partial charge in [0, 0.05) is 11.1 Å². The molecular formula is C10H6ClNO. The van der Waals surface area contributed by atoms with Gasteiger partial charge in [0.2, 0.25) is 5.78 Å². The van der Waals surface area contributed by atoms with Crippen molar-refractivity contribution < 1.29 is 4.79 Å². The van der Waals surface area contributed by atoms with Crippen LogP contribution in [0.1, 0.15) is 15.9 Å². The molecule has 1 N–H and O–H groups in total. The summed E-state index contributed by atoms with van der Waals surface area (Å²) < 4.78 is 0. The van der Waals surface area contributed by atoms with Gasteiger partial charge in [-0.2, -0.15) is 0 Å². The maximum atomic E-state index is 11.5. The quantitative estimate of drug-likeness (QED) is 0.672. The number of hydrogen-bond donors (Lipinski definition) is 1. The second-order valence-electron chi connectivity index (χ2n) is 2.78. The Labute approximate surface area is 80.3 Å². The fraction of sp³-hybridized carbons (Fsp3) is 0. The number of rotatable bonds is 0. The number of carbonyl (C=O) groups is 1. The SMILES string of the molecule is N=C1C=C(Cl)C(=O)c2ccccc21. The van der Waals surface area contributed by atoms with E-state index in [1.165, 1.54) is 6.08 Å². The Morgan fingerprint density at radius 1 is 1.15 bits per heavy atom. The molecule has 3 heteroatoms. The van der Waals surface area contributed by atoms with Gasteiger partial charge in [-0.25, -0.2) is 0 Å². The third-order valence-corrected chi connectivity index (χ3v) is 2.23. The van der Waals surface area contributed by atoms with Crippen molar-refractivity contribution in [2.45, 2.75) is 0 Å². The molecule has 1 aliphatic rings. The van der Waals surface area contributed by atoms with E-state index in [-0.39, 0.29) is 10.8 Å². The van der Waals surface area contributed by atoms with E-state index in [4.69, 9.17) is 17.0 Å². The molecule has 0 unspecified atom stereocenters. The van der Waals surface area contributed by atoms with Crippen LogP contribution in [0.3, 0.4) is 0 Å². The normalized spacial score (nSPS) is 15.3. The number of fused-ring (bicyclic) bond motifs is 1. The van der Waals surface area contributed by atoms with Gasteiger partial charge in [-0.3, -0.25) is 4.79 Å². The van der Waals surface area contributed by atoms with Gasteiger partial charge >= 0.3 is 0 Å². The van der Waals surface area contributed by atoms with Crippen LogP contribution in [-0.4, -0.2) is 11.5 Å². The maximum absolute atomic E-state index is 11.5. The van der Waals surface area contributed by atoms with E-state index < -0.39 is 0 Å². The molecule has 0 atom stereocenters. The zero-order valence-electron chi connectivity index (χ0n) is 6.67. The molecule has 2 rings (SSSR count). The molecule has 0 aromatic heterocycles. The van der Waals surface area contributed by atoms with E-state index in [0.29, 0.717) is 16.8 Å². The molecule has 0 spiro atoms. The van der Waals surface area contributed by atoms with Crippen molar-refractivity contribution in [1.82, 2.24) is 0 Å². The molecule has 13 heavy (non-hydrogen) atoms. The largest absolute Gasteiger partial charge is 0.300 e. The number of Topliss-reactive ketones (excluding diaryl/α,β-unsaturated/α-hetero) is 1. The van der Waals surface area contributed by atoms with Crippen molar-refractivity contribution in [2.24, 2.45) is 0 Å². The minimum atomic E-state index is -0.201. The Bertz CT molecular complexity index is 434. The van der Waals surface area contributed by atoms with Gasteiger partial charge in [0.1, 0.15) is 0 Å². The van der Waals surface area contributed by atoms with Crippen molar-refractivity contribution in [1.29, 1.82) is 5.41 Å². The highest BCUT2D eigenvalue weighted by Gasteiger charge is 2.21. The molecule has 0 heterocycles. The first kappa shape index (κ1) is 8.20. The minimum Gasteiger partial charge on any atom is -0.300 e. The van der Waals surface area contributed by atoms with Gasteiger partial charge in [-0.05, 0) is 6.08 Å². The Hall–Kier alpha value is -1.41. The molecule has 0 saturated carbocycles. The van der Waals surface area contributed by atoms with Crippen LogP contribution in [0, 0.1) is 5.41 Å². The summed E-state index contributed by atoms with van der Waals surface area (Å²) in [6.07, 6.45) is 1.38. The number of nitrogens with one attached hydrogen (secondary N) is 1. The Kier molecular flexibility index (Phi) is 1.78. The summed E-state index contributed by atoms with van der Waals surface area (Å²) in [6, 6.07) is 6.99. The van der Waals surface area contributed by atoms with Crippen LogP contribution in [0.25, 0.3) is 0 Å². The van der Waals surface area contributed by atoms with Crippen LogP contribution in [0.2, 0.25) is 0 Å². The lowest BCUT2D eigenvalue weighted by atomic mass is 9.94. The second kappa shape index (κ2) is 2.82. The molecular weight excluding hydrogens is 186 g/mol. The van der Waals surface area contributed by atoms with Crippen molar-refractivity contribution in [3.63, 3.8) is 0 Å². The van der Waals surface area contributed by atoms with Crippen LogP contribution in [0.15, 0.2) is 35.4 Å². The fourth-order valence-electron chi connectivity index (χ4n) is 1.31. The first-order chi connectivity index (χ1) is 6.20. The highest BCUT2D eigenvalue weighted by molar-refractivity contribution is 6.49.